The van der Waals surface area contributed by atoms with E-state index >= 15 is 0 Å². The highest BCUT2D eigenvalue weighted by Crippen LogP contribution is 2.22. The predicted octanol–water partition coefficient (Wildman–Crippen LogP) is 2.05. The third-order valence-electron chi connectivity index (χ3n) is 1.32. The molecule has 0 spiro atoms. The Morgan fingerprint density at radius 1 is 1.60 bits per heavy atom. The van der Waals surface area contributed by atoms with Crippen LogP contribution in [0, 0.1) is 0 Å². The van der Waals surface area contributed by atoms with Crippen LogP contribution >= 0.6 is 15.9 Å². The Kier molecular flexibility index (Phi) is 2.50. The zero-order valence-corrected chi connectivity index (χ0v) is 7.72. The van der Waals surface area contributed by atoms with E-state index in [0.29, 0.717) is 6.61 Å². The Bertz CT molecular complexity index is 143. The molecule has 0 aromatic heterocycles. The summed E-state index contributed by atoms with van der Waals surface area (Å²) in [5.41, 5.74) is 0. The van der Waals surface area contributed by atoms with Crippen molar-refractivity contribution in [2.45, 2.75) is 25.7 Å². The minimum absolute atomic E-state index is 0.106. The van der Waals surface area contributed by atoms with Crippen LogP contribution in [0.5, 0.6) is 0 Å². The summed E-state index contributed by atoms with van der Waals surface area (Å²) >= 11 is 3.18. The highest BCUT2D eigenvalue weighted by atomic mass is 79.9. The molecule has 0 bridgehead atoms. The van der Waals surface area contributed by atoms with Crippen LogP contribution < -0.4 is 0 Å². The number of ether oxygens (including phenoxy) is 2. The molecule has 0 saturated carbocycles. The van der Waals surface area contributed by atoms with Gasteiger partial charge in [0.2, 0.25) is 0 Å². The molecule has 1 rings (SSSR count). The minimum atomic E-state index is -0.406. The second kappa shape index (κ2) is 3.03. The summed E-state index contributed by atoms with van der Waals surface area (Å²) in [6.07, 6.45) is 2.03. The van der Waals surface area contributed by atoms with E-state index < -0.39 is 5.79 Å². The van der Waals surface area contributed by atoms with Gasteiger partial charge in [-0.25, -0.2) is 0 Å². The van der Waals surface area contributed by atoms with Crippen LogP contribution in [-0.2, 0) is 9.47 Å². The van der Waals surface area contributed by atoms with Gasteiger partial charge in [-0.1, -0.05) is 15.9 Å². The third kappa shape index (κ3) is 2.08. The molecule has 1 atom stereocenters. The van der Waals surface area contributed by atoms with Crippen LogP contribution in [0.15, 0.2) is 11.1 Å². The Morgan fingerprint density at radius 3 is 2.70 bits per heavy atom. The van der Waals surface area contributed by atoms with Gasteiger partial charge in [0.25, 0.3) is 0 Å². The molecule has 2 nitrogen and oxygen atoms in total. The first kappa shape index (κ1) is 8.24. The van der Waals surface area contributed by atoms with Crippen molar-refractivity contribution in [2.24, 2.45) is 0 Å². The summed E-state index contributed by atoms with van der Waals surface area (Å²) in [5, 5.41) is 0. The maximum absolute atomic E-state index is 5.45. The Labute approximate surface area is 69.3 Å². The van der Waals surface area contributed by atoms with Gasteiger partial charge in [0, 0.05) is 0 Å². The lowest BCUT2D eigenvalue weighted by Crippen LogP contribution is -2.20. The third-order valence-corrected chi connectivity index (χ3v) is 1.62. The summed E-state index contributed by atoms with van der Waals surface area (Å²) in [4.78, 5) is 1.79. The lowest BCUT2D eigenvalue weighted by atomic mass is 10.4. The number of hydrogen-bond acceptors (Lipinski definition) is 2. The zero-order valence-electron chi connectivity index (χ0n) is 6.13. The molecule has 1 saturated heterocycles. The Hall–Kier alpha value is 0.140. The lowest BCUT2D eigenvalue weighted by molar-refractivity contribution is -0.133. The highest BCUT2D eigenvalue weighted by Gasteiger charge is 2.30. The average molecular weight is 207 g/mol. The molecule has 0 radical (unpaired) electrons. The van der Waals surface area contributed by atoms with Crippen LogP contribution in [0.1, 0.15) is 13.8 Å². The fourth-order valence-corrected chi connectivity index (χ4v) is 1.23. The van der Waals surface area contributed by atoms with Gasteiger partial charge in [-0.2, -0.15) is 0 Å². The summed E-state index contributed by atoms with van der Waals surface area (Å²) < 4.78 is 10.8. The van der Waals surface area contributed by atoms with Gasteiger partial charge in [0.05, 0.1) is 6.61 Å². The van der Waals surface area contributed by atoms with Crippen LogP contribution in [0.3, 0.4) is 0 Å². The van der Waals surface area contributed by atoms with E-state index in [1.807, 2.05) is 19.9 Å². The maximum Gasteiger partial charge on any atom is 0.163 e. The molecule has 1 aliphatic rings. The Balaban J connectivity index is 2.43. The van der Waals surface area contributed by atoms with E-state index in [0.717, 1.165) is 0 Å². The molecule has 0 N–H and O–H groups in total. The van der Waals surface area contributed by atoms with E-state index in [4.69, 9.17) is 9.47 Å². The van der Waals surface area contributed by atoms with Crippen molar-refractivity contribution in [3.8, 4) is 0 Å². The first-order chi connectivity index (χ1) is 4.64. The molecule has 0 aromatic carbocycles. The van der Waals surface area contributed by atoms with Gasteiger partial charge < -0.3 is 9.47 Å². The summed E-state index contributed by atoms with van der Waals surface area (Å²) in [6, 6.07) is 0. The fourth-order valence-electron chi connectivity index (χ4n) is 0.891. The van der Waals surface area contributed by atoms with Crippen LogP contribution in [-0.4, -0.2) is 18.5 Å². The topological polar surface area (TPSA) is 18.5 Å². The standard InChI is InChI=1S/C7H11BrO2/c1-7(2)9-5-6(10-7)3-4-8/h3-4,6H,5H2,1-2H3/b4-3-. The van der Waals surface area contributed by atoms with Crippen molar-refractivity contribution in [3.63, 3.8) is 0 Å². The van der Waals surface area contributed by atoms with Crippen LogP contribution in [0.4, 0.5) is 0 Å². The normalized spacial score (nSPS) is 31.7. The fraction of sp³-hybridized carbons (Fsp3) is 0.714. The van der Waals surface area contributed by atoms with Gasteiger partial charge >= 0.3 is 0 Å². The van der Waals surface area contributed by atoms with E-state index in [2.05, 4.69) is 15.9 Å². The molecule has 1 heterocycles. The summed E-state index contributed by atoms with van der Waals surface area (Å²) in [5.74, 6) is -0.406. The van der Waals surface area contributed by atoms with E-state index in [9.17, 15) is 0 Å². The van der Waals surface area contributed by atoms with Crippen LogP contribution in [0.2, 0.25) is 0 Å². The van der Waals surface area contributed by atoms with E-state index in [-0.39, 0.29) is 6.10 Å². The van der Waals surface area contributed by atoms with Crippen molar-refractivity contribution in [1.29, 1.82) is 0 Å². The van der Waals surface area contributed by atoms with Gasteiger partial charge in [0.1, 0.15) is 6.10 Å². The predicted molar refractivity (Wildman–Crippen MR) is 43.0 cm³/mol. The number of hydrogen-bond donors (Lipinski definition) is 0. The van der Waals surface area contributed by atoms with Crippen molar-refractivity contribution in [2.75, 3.05) is 6.61 Å². The molecule has 0 amide bonds. The molecule has 3 heteroatoms. The van der Waals surface area contributed by atoms with Crippen molar-refractivity contribution < 1.29 is 9.47 Å². The van der Waals surface area contributed by atoms with E-state index in [1.54, 1.807) is 4.99 Å². The molecule has 1 aliphatic heterocycles. The molecular weight excluding hydrogens is 196 g/mol. The average Bonchev–Trinajstić information content (AvgIpc) is 2.12. The molecule has 0 aliphatic carbocycles. The second-order valence-electron chi connectivity index (χ2n) is 2.69. The quantitative estimate of drug-likeness (QED) is 0.655. The largest absolute Gasteiger partial charge is 0.347 e. The van der Waals surface area contributed by atoms with Gasteiger partial charge in [-0.3, -0.25) is 0 Å². The SMILES string of the molecule is CC1(C)OCC(/C=C\Br)O1. The smallest absolute Gasteiger partial charge is 0.163 e. The van der Waals surface area contributed by atoms with Crippen molar-refractivity contribution in [1.82, 2.24) is 0 Å². The minimum Gasteiger partial charge on any atom is -0.347 e. The van der Waals surface area contributed by atoms with Crippen molar-refractivity contribution >= 4 is 15.9 Å². The van der Waals surface area contributed by atoms with Gasteiger partial charge in [-0.05, 0) is 24.9 Å². The number of halogens is 1. The molecule has 1 unspecified atom stereocenters. The zero-order chi connectivity index (χ0) is 7.61. The molecule has 58 valence electrons. The van der Waals surface area contributed by atoms with Gasteiger partial charge in [-0.15, -0.1) is 0 Å². The maximum atomic E-state index is 5.45. The molecule has 1 fully saturated rings. The lowest BCUT2D eigenvalue weighted by Gasteiger charge is -2.15. The van der Waals surface area contributed by atoms with E-state index in [1.165, 1.54) is 0 Å². The Morgan fingerprint density at radius 2 is 2.30 bits per heavy atom. The first-order valence-electron chi connectivity index (χ1n) is 3.23. The van der Waals surface area contributed by atoms with Crippen molar-refractivity contribution in [3.05, 3.63) is 11.1 Å². The second-order valence-corrected chi connectivity index (χ2v) is 3.21. The van der Waals surface area contributed by atoms with Gasteiger partial charge in [0.15, 0.2) is 5.79 Å². The molecular formula is C7H11BrO2. The highest BCUT2D eigenvalue weighted by molar-refractivity contribution is 9.11. The monoisotopic (exact) mass is 206 g/mol. The first-order valence-corrected chi connectivity index (χ1v) is 4.14. The summed E-state index contributed by atoms with van der Waals surface area (Å²) in [7, 11) is 0. The molecule has 10 heavy (non-hydrogen) atoms. The summed E-state index contributed by atoms with van der Waals surface area (Å²) in [6.45, 7) is 4.47. The number of rotatable bonds is 1. The van der Waals surface area contributed by atoms with Crippen LogP contribution in [0.25, 0.3) is 0 Å². The molecule has 0 aromatic rings.